The number of carbonyl (C=O) groups excluding carboxylic acids is 1. The number of hydrogen-bond acceptors (Lipinski definition) is 7. The van der Waals surface area contributed by atoms with Crippen molar-refractivity contribution < 1.29 is 19.4 Å². The number of nitrogens with one attached hydrogen (secondary N) is 1. The number of thiazole rings is 1. The first-order valence-corrected chi connectivity index (χ1v) is 11.8. The van der Waals surface area contributed by atoms with E-state index in [0.29, 0.717) is 39.0 Å². The fraction of sp³-hybridized carbons (Fsp3) is 0.421. The summed E-state index contributed by atoms with van der Waals surface area (Å²) in [6, 6.07) is 5.61. The average molecular weight is 490 g/mol. The molecule has 1 unspecified atom stereocenters. The van der Waals surface area contributed by atoms with Gasteiger partial charge in [-0.25, -0.2) is 9.78 Å². The molecule has 2 aromatic rings. The molecule has 1 amide bonds. The number of carboxylic acid groups (broad SMARTS) is 1. The van der Waals surface area contributed by atoms with E-state index in [9.17, 15) is 9.59 Å². The van der Waals surface area contributed by atoms with E-state index in [1.807, 2.05) is 12.1 Å². The van der Waals surface area contributed by atoms with Crippen molar-refractivity contribution in [1.29, 1.82) is 0 Å². The number of aromatic carboxylic acids is 1. The summed E-state index contributed by atoms with van der Waals surface area (Å²) in [5, 5.41) is 13.0. The average Bonchev–Trinajstić information content (AvgIpc) is 3.09. The number of benzene rings is 1. The Kier molecular flexibility index (Phi) is 8.38. The highest BCUT2D eigenvalue weighted by molar-refractivity contribution is 8.01. The Bertz CT molecular complexity index is 925. The maximum absolute atomic E-state index is 12.2. The number of hydrogen-bond donors (Lipinski definition) is 2. The fourth-order valence-corrected chi connectivity index (χ4v) is 5.23. The van der Waals surface area contributed by atoms with Gasteiger partial charge in [0.2, 0.25) is 5.91 Å². The number of morpholine rings is 1. The van der Waals surface area contributed by atoms with Crippen LogP contribution in [-0.4, -0.2) is 65.0 Å². The van der Waals surface area contributed by atoms with E-state index in [0.717, 1.165) is 18.7 Å². The monoisotopic (exact) mass is 489 g/mol. The summed E-state index contributed by atoms with van der Waals surface area (Å²) in [7, 11) is 0. The van der Waals surface area contributed by atoms with Gasteiger partial charge in [-0.05, 0) is 24.6 Å². The predicted octanol–water partition coefficient (Wildman–Crippen LogP) is 3.57. The topological polar surface area (TPSA) is 91.8 Å². The lowest BCUT2D eigenvalue weighted by atomic mass is 10.2. The van der Waals surface area contributed by atoms with Gasteiger partial charge < -0.3 is 15.2 Å². The molecule has 30 heavy (non-hydrogen) atoms. The number of amides is 1. The van der Waals surface area contributed by atoms with Crippen LogP contribution in [0.25, 0.3) is 0 Å². The number of carboxylic acids is 1. The maximum Gasteiger partial charge on any atom is 0.355 e. The zero-order chi connectivity index (χ0) is 21.7. The van der Waals surface area contributed by atoms with Gasteiger partial charge in [-0.3, -0.25) is 9.69 Å². The van der Waals surface area contributed by atoms with E-state index in [-0.39, 0.29) is 23.5 Å². The number of ether oxygens (including phenoxy) is 1. The van der Waals surface area contributed by atoms with Crippen LogP contribution in [-0.2, 0) is 16.1 Å². The molecule has 11 heteroatoms. The first kappa shape index (κ1) is 23.3. The molecule has 2 heterocycles. The van der Waals surface area contributed by atoms with Gasteiger partial charge in [-0.1, -0.05) is 41.0 Å². The van der Waals surface area contributed by atoms with Gasteiger partial charge in [0.05, 0.1) is 28.5 Å². The van der Waals surface area contributed by atoms with Gasteiger partial charge >= 0.3 is 5.97 Å². The van der Waals surface area contributed by atoms with Gasteiger partial charge in [0.1, 0.15) is 0 Å². The van der Waals surface area contributed by atoms with Gasteiger partial charge in [-0.2, -0.15) is 0 Å². The van der Waals surface area contributed by atoms with Crippen LogP contribution < -0.4 is 5.32 Å². The van der Waals surface area contributed by atoms with Crippen molar-refractivity contribution in [2.75, 3.05) is 32.0 Å². The second-order valence-corrected chi connectivity index (χ2v) is 10.00. The van der Waals surface area contributed by atoms with Crippen LogP contribution in [0.5, 0.6) is 0 Å². The standard InChI is InChI=1S/C19H21Cl2N3O4S2/c1-11-17(18(26)27)23-19(30-11)29-10-16(25)22-7-13-9-24(4-5-28-13)8-12-2-3-14(20)15(21)6-12/h2-3,6,13H,4-5,7-10H2,1H3,(H,22,25)(H,26,27). The number of rotatable bonds is 8. The molecule has 1 fully saturated rings. The van der Waals surface area contributed by atoms with E-state index >= 15 is 0 Å². The van der Waals surface area contributed by atoms with Crippen molar-refractivity contribution in [3.05, 3.63) is 44.4 Å². The third-order valence-corrected chi connectivity index (χ3v) is 7.30. The van der Waals surface area contributed by atoms with Crippen molar-refractivity contribution in [2.45, 2.75) is 23.9 Å². The number of halogens is 2. The van der Waals surface area contributed by atoms with Crippen LogP contribution in [0, 0.1) is 6.92 Å². The zero-order valence-electron chi connectivity index (χ0n) is 16.2. The Hall–Kier alpha value is -1.36. The minimum Gasteiger partial charge on any atom is -0.476 e. The second kappa shape index (κ2) is 10.8. The molecule has 0 bridgehead atoms. The summed E-state index contributed by atoms with van der Waals surface area (Å²) in [5.74, 6) is -1.03. The Morgan fingerprint density at radius 2 is 2.20 bits per heavy atom. The van der Waals surface area contributed by atoms with Crippen molar-refractivity contribution in [3.63, 3.8) is 0 Å². The molecular formula is C19H21Cl2N3O4S2. The molecule has 162 valence electrons. The molecule has 1 aliphatic heterocycles. The molecule has 1 atom stereocenters. The number of aromatic nitrogens is 1. The van der Waals surface area contributed by atoms with E-state index < -0.39 is 5.97 Å². The van der Waals surface area contributed by atoms with E-state index in [1.165, 1.54) is 23.1 Å². The third-order valence-electron chi connectivity index (χ3n) is 4.45. The molecule has 3 rings (SSSR count). The summed E-state index contributed by atoms with van der Waals surface area (Å²) >= 11 is 14.6. The highest BCUT2D eigenvalue weighted by Crippen LogP contribution is 2.27. The molecule has 1 aromatic heterocycles. The normalized spacial score (nSPS) is 17.1. The van der Waals surface area contributed by atoms with Crippen molar-refractivity contribution >= 4 is 58.2 Å². The number of nitrogens with zero attached hydrogens (tertiary/aromatic N) is 2. The van der Waals surface area contributed by atoms with Crippen LogP contribution in [0.4, 0.5) is 0 Å². The molecule has 0 spiro atoms. The van der Waals surface area contributed by atoms with Crippen molar-refractivity contribution in [3.8, 4) is 0 Å². The van der Waals surface area contributed by atoms with Crippen LogP contribution in [0.3, 0.4) is 0 Å². The molecule has 0 aliphatic carbocycles. The Balaban J connectivity index is 1.42. The van der Waals surface area contributed by atoms with E-state index in [2.05, 4.69) is 15.2 Å². The van der Waals surface area contributed by atoms with Crippen LogP contribution >= 0.6 is 46.3 Å². The van der Waals surface area contributed by atoms with E-state index in [1.54, 1.807) is 13.0 Å². The second-order valence-electron chi connectivity index (χ2n) is 6.76. The fourth-order valence-electron chi connectivity index (χ4n) is 2.98. The van der Waals surface area contributed by atoms with Gasteiger partial charge in [0.15, 0.2) is 10.0 Å². The smallest absolute Gasteiger partial charge is 0.355 e. The zero-order valence-corrected chi connectivity index (χ0v) is 19.3. The Morgan fingerprint density at radius 3 is 2.90 bits per heavy atom. The highest BCUT2D eigenvalue weighted by Gasteiger charge is 2.21. The lowest BCUT2D eigenvalue weighted by molar-refractivity contribution is -0.119. The third kappa shape index (κ3) is 6.57. The van der Waals surface area contributed by atoms with Gasteiger partial charge in [0.25, 0.3) is 0 Å². The summed E-state index contributed by atoms with van der Waals surface area (Å²) in [6.07, 6.45) is -0.101. The van der Waals surface area contributed by atoms with Crippen LogP contribution in [0.15, 0.2) is 22.5 Å². The molecular weight excluding hydrogens is 469 g/mol. The van der Waals surface area contributed by atoms with Crippen LogP contribution in [0.1, 0.15) is 20.9 Å². The van der Waals surface area contributed by atoms with Gasteiger partial charge in [0, 0.05) is 31.1 Å². The largest absolute Gasteiger partial charge is 0.476 e. The first-order chi connectivity index (χ1) is 14.3. The molecule has 0 radical (unpaired) electrons. The number of aryl methyl sites for hydroxylation is 1. The molecule has 7 nitrogen and oxygen atoms in total. The number of thioether (sulfide) groups is 1. The molecule has 1 aliphatic rings. The molecule has 1 saturated heterocycles. The molecule has 2 N–H and O–H groups in total. The molecule has 0 saturated carbocycles. The summed E-state index contributed by atoms with van der Waals surface area (Å²) in [4.78, 5) is 30.1. The Morgan fingerprint density at radius 1 is 1.40 bits per heavy atom. The molecule has 1 aromatic carbocycles. The first-order valence-electron chi connectivity index (χ1n) is 9.20. The predicted molar refractivity (Wildman–Crippen MR) is 119 cm³/mol. The minimum absolute atomic E-state index is 0.0422. The quantitative estimate of drug-likeness (QED) is 0.547. The number of carbonyl (C=O) groups is 2. The summed E-state index contributed by atoms with van der Waals surface area (Å²) < 4.78 is 6.33. The summed E-state index contributed by atoms with van der Waals surface area (Å²) in [6.45, 7) is 4.93. The van der Waals surface area contributed by atoms with Crippen molar-refractivity contribution in [2.24, 2.45) is 0 Å². The SMILES string of the molecule is Cc1sc(SCC(=O)NCC2CN(Cc3ccc(Cl)c(Cl)c3)CCO2)nc1C(=O)O. The minimum atomic E-state index is -1.06. The summed E-state index contributed by atoms with van der Waals surface area (Å²) in [5.41, 5.74) is 1.12. The maximum atomic E-state index is 12.2. The van der Waals surface area contributed by atoms with E-state index in [4.69, 9.17) is 33.0 Å². The lowest BCUT2D eigenvalue weighted by Gasteiger charge is -2.33. The Labute approximate surface area is 192 Å². The van der Waals surface area contributed by atoms with Gasteiger partial charge in [-0.15, -0.1) is 11.3 Å². The van der Waals surface area contributed by atoms with Crippen molar-refractivity contribution in [1.82, 2.24) is 15.2 Å². The van der Waals surface area contributed by atoms with Crippen LogP contribution in [0.2, 0.25) is 10.0 Å². The lowest BCUT2D eigenvalue weighted by Crippen LogP contribution is -2.47. The highest BCUT2D eigenvalue weighted by atomic mass is 35.5.